The van der Waals surface area contributed by atoms with Crippen LogP contribution in [0.5, 0.6) is 0 Å². The average molecular weight is 364 g/mol. The van der Waals surface area contributed by atoms with Crippen LogP contribution in [0.4, 0.5) is 9.18 Å². The number of amides is 3. The van der Waals surface area contributed by atoms with Crippen molar-refractivity contribution in [2.45, 2.75) is 37.7 Å². The fourth-order valence-corrected chi connectivity index (χ4v) is 3.18. The van der Waals surface area contributed by atoms with E-state index in [4.69, 9.17) is 5.73 Å². The maximum Gasteiger partial charge on any atom is 0.318 e. The quantitative estimate of drug-likeness (QED) is 0.771. The Morgan fingerprint density at radius 1 is 1.28 bits per heavy atom. The van der Waals surface area contributed by atoms with E-state index in [0.29, 0.717) is 17.6 Å². The van der Waals surface area contributed by atoms with Crippen molar-refractivity contribution in [2.24, 2.45) is 11.7 Å². The molecule has 0 aliphatic heterocycles. The zero-order valence-corrected chi connectivity index (χ0v) is 15.1. The number of nitrogens with two attached hydrogens (primary N) is 1. The average Bonchev–Trinajstić information content (AvgIpc) is 2.89. The van der Waals surface area contributed by atoms with Gasteiger partial charge in [0.2, 0.25) is 5.91 Å². The van der Waals surface area contributed by atoms with Crippen LogP contribution in [0.2, 0.25) is 0 Å². The molecule has 0 radical (unpaired) electrons. The van der Waals surface area contributed by atoms with E-state index in [0.717, 1.165) is 11.3 Å². The summed E-state index contributed by atoms with van der Waals surface area (Å²) in [5, 5.41) is 2.18. The topological polar surface area (TPSA) is 90.0 Å². The normalized spacial score (nSPS) is 12.2. The second-order valence-electron chi connectivity index (χ2n) is 6.05. The summed E-state index contributed by atoms with van der Waals surface area (Å²) in [5.41, 5.74) is 6.67. The van der Waals surface area contributed by atoms with Crippen LogP contribution in [0.25, 0.3) is 11.3 Å². The van der Waals surface area contributed by atoms with Crippen LogP contribution in [-0.2, 0) is 11.3 Å². The van der Waals surface area contributed by atoms with Crippen LogP contribution in [-0.4, -0.2) is 26.7 Å². The number of imidazole rings is 1. The Balaban J connectivity index is 2.30. The number of benzene rings is 1. The van der Waals surface area contributed by atoms with Gasteiger partial charge in [0.25, 0.3) is 0 Å². The maximum absolute atomic E-state index is 13.2. The van der Waals surface area contributed by atoms with Gasteiger partial charge >= 0.3 is 6.03 Å². The molecule has 2 rings (SSSR count). The minimum Gasteiger partial charge on any atom is -0.351 e. The molecule has 0 spiro atoms. The molecule has 0 saturated carbocycles. The lowest BCUT2D eigenvalue weighted by Crippen LogP contribution is -2.39. The van der Waals surface area contributed by atoms with Crippen LogP contribution in [0, 0.1) is 11.7 Å². The summed E-state index contributed by atoms with van der Waals surface area (Å²) in [7, 11) is 0. The van der Waals surface area contributed by atoms with Gasteiger partial charge in [-0.1, -0.05) is 25.6 Å². The van der Waals surface area contributed by atoms with Crippen LogP contribution < -0.4 is 11.1 Å². The molecule has 0 fully saturated rings. The lowest BCUT2D eigenvalue weighted by atomic mass is 10.1. The number of halogens is 1. The Morgan fingerprint density at radius 3 is 2.48 bits per heavy atom. The van der Waals surface area contributed by atoms with Crippen molar-refractivity contribution in [3.05, 3.63) is 36.3 Å². The molecule has 0 saturated heterocycles. The molecule has 1 atom stereocenters. The molecule has 0 aliphatic carbocycles. The molecule has 25 heavy (non-hydrogen) atoms. The summed E-state index contributed by atoms with van der Waals surface area (Å²) >= 11 is 1.24. The van der Waals surface area contributed by atoms with Crippen LogP contribution >= 0.6 is 11.8 Å². The highest BCUT2D eigenvalue weighted by atomic mass is 32.2. The van der Waals surface area contributed by atoms with E-state index in [1.165, 1.54) is 23.9 Å². The first-order valence-electron chi connectivity index (χ1n) is 7.86. The standard InChI is InChI=1S/C17H21FN4O2S/c1-10(2)9-22-14(12-4-6-13(18)7-5-12)8-20-17(22)25-11(3)15(23)21-16(19)24/h4-8,10-11H,9H2,1-3H3,(H3,19,21,23,24)/t11-/m1/s1. The number of aromatic nitrogens is 2. The first kappa shape index (κ1) is 19.0. The zero-order chi connectivity index (χ0) is 18.6. The zero-order valence-electron chi connectivity index (χ0n) is 14.3. The smallest absolute Gasteiger partial charge is 0.318 e. The van der Waals surface area contributed by atoms with Gasteiger partial charge in [0.15, 0.2) is 5.16 Å². The summed E-state index contributed by atoms with van der Waals surface area (Å²) in [6.45, 7) is 6.52. The second-order valence-corrected chi connectivity index (χ2v) is 7.36. The third kappa shape index (κ3) is 5.06. The number of hydrogen-bond donors (Lipinski definition) is 2. The lowest BCUT2D eigenvalue weighted by molar-refractivity contribution is -0.119. The van der Waals surface area contributed by atoms with Crippen molar-refractivity contribution < 1.29 is 14.0 Å². The molecular weight excluding hydrogens is 343 g/mol. The fourth-order valence-electron chi connectivity index (χ4n) is 2.28. The van der Waals surface area contributed by atoms with E-state index < -0.39 is 17.2 Å². The number of imide groups is 1. The van der Waals surface area contributed by atoms with Crippen LogP contribution in [0.3, 0.4) is 0 Å². The largest absolute Gasteiger partial charge is 0.351 e. The highest BCUT2D eigenvalue weighted by molar-refractivity contribution is 8.00. The summed E-state index contributed by atoms with van der Waals surface area (Å²) in [4.78, 5) is 27.1. The number of primary amides is 1. The lowest BCUT2D eigenvalue weighted by Gasteiger charge is -2.16. The van der Waals surface area contributed by atoms with Gasteiger partial charge in [-0.15, -0.1) is 0 Å². The number of carbonyl (C=O) groups is 2. The first-order valence-corrected chi connectivity index (χ1v) is 8.74. The van der Waals surface area contributed by atoms with Gasteiger partial charge in [0.05, 0.1) is 17.1 Å². The number of rotatable bonds is 6. The fraction of sp³-hybridized carbons (Fsp3) is 0.353. The third-order valence-electron chi connectivity index (χ3n) is 3.40. The maximum atomic E-state index is 13.2. The van der Waals surface area contributed by atoms with E-state index in [-0.39, 0.29) is 5.82 Å². The van der Waals surface area contributed by atoms with Gasteiger partial charge in [0, 0.05) is 6.54 Å². The number of urea groups is 1. The molecule has 8 heteroatoms. The van der Waals surface area contributed by atoms with Crippen molar-refractivity contribution in [3.8, 4) is 11.3 Å². The molecule has 3 amide bonds. The van der Waals surface area contributed by atoms with Gasteiger partial charge in [-0.3, -0.25) is 10.1 Å². The SMILES string of the molecule is CC(C)Cn1c(-c2ccc(F)cc2)cnc1S[C@H](C)C(=O)NC(N)=O. The molecular formula is C17H21FN4O2S. The number of thioether (sulfide) groups is 1. The third-order valence-corrected chi connectivity index (χ3v) is 4.51. The van der Waals surface area contributed by atoms with Crippen molar-refractivity contribution in [3.63, 3.8) is 0 Å². The Hall–Kier alpha value is -2.35. The number of nitrogens with one attached hydrogen (secondary N) is 1. The van der Waals surface area contributed by atoms with Crippen molar-refractivity contribution in [1.29, 1.82) is 0 Å². The van der Waals surface area contributed by atoms with Gasteiger partial charge in [-0.05, 0) is 42.7 Å². The number of hydrogen-bond acceptors (Lipinski definition) is 4. The molecule has 0 aliphatic rings. The van der Waals surface area contributed by atoms with Gasteiger partial charge < -0.3 is 10.3 Å². The van der Waals surface area contributed by atoms with Crippen molar-refractivity contribution >= 4 is 23.7 Å². The molecule has 1 heterocycles. The van der Waals surface area contributed by atoms with Crippen molar-refractivity contribution in [1.82, 2.24) is 14.9 Å². The molecule has 1 aromatic heterocycles. The predicted molar refractivity (Wildman–Crippen MR) is 95.5 cm³/mol. The highest BCUT2D eigenvalue weighted by Gasteiger charge is 2.21. The van der Waals surface area contributed by atoms with Gasteiger partial charge in [-0.2, -0.15) is 0 Å². The molecule has 3 N–H and O–H groups in total. The molecule has 0 bridgehead atoms. The monoisotopic (exact) mass is 364 g/mol. The van der Waals surface area contributed by atoms with E-state index in [9.17, 15) is 14.0 Å². The molecule has 2 aromatic rings. The van der Waals surface area contributed by atoms with Gasteiger partial charge in [-0.25, -0.2) is 14.2 Å². The Labute approximate surface area is 150 Å². The second kappa shape index (κ2) is 8.15. The Bertz CT molecular complexity index is 759. The molecule has 0 unspecified atom stereocenters. The molecule has 134 valence electrons. The van der Waals surface area contributed by atoms with E-state index in [2.05, 4.69) is 24.1 Å². The first-order chi connectivity index (χ1) is 11.8. The minimum atomic E-state index is -0.880. The summed E-state index contributed by atoms with van der Waals surface area (Å²) in [6.07, 6.45) is 1.71. The number of nitrogens with zero attached hydrogens (tertiary/aromatic N) is 2. The summed E-state index contributed by atoms with van der Waals surface area (Å²) in [5.74, 6) is -0.424. The highest BCUT2D eigenvalue weighted by Crippen LogP contribution is 2.29. The molecule has 1 aromatic carbocycles. The Morgan fingerprint density at radius 2 is 1.92 bits per heavy atom. The van der Waals surface area contributed by atoms with Crippen LogP contribution in [0.15, 0.2) is 35.6 Å². The predicted octanol–water partition coefficient (Wildman–Crippen LogP) is 3.02. The van der Waals surface area contributed by atoms with Crippen LogP contribution in [0.1, 0.15) is 20.8 Å². The van der Waals surface area contributed by atoms with E-state index in [1.54, 1.807) is 25.3 Å². The summed E-state index contributed by atoms with van der Waals surface area (Å²) in [6, 6.07) is 5.31. The van der Waals surface area contributed by atoms with E-state index in [1.807, 2.05) is 4.57 Å². The molecule has 6 nitrogen and oxygen atoms in total. The van der Waals surface area contributed by atoms with E-state index >= 15 is 0 Å². The minimum absolute atomic E-state index is 0.301. The summed E-state index contributed by atoms with van der Waals surface area (Å²) < 4.78 is 15.2. The van der Waals surface area contributed by atoms with Gasteiger partial charge in [0.1, 0.15) is 5.82 Å². The number of carbonyl (C=O) groups excluding carboxylic acids is 2. The Kier molecular flexibility index (Phi) is 6.19. The van der Waals surface area contributed by atoms with Crippen molar-refractivity contribution in [2.75, 3.05) is 0 Å².